The molecule has 0 aliphatic heterocycles. The maximum absolute atomic E-state index is 12.7. The van der Waals surface area contributed by atoms with Gasteiger partial charge in [-0.05, 0) is 37.3 Å². The van der Waals surface area contributed by atoms with Gasteiger partial charge in [0.1, 0.15) is 0 Å². The molecule has 0 unspecified atom stereocenters. The molecule has 1 fully saturated rings. The molecule has 0 aromatic carbocycles. The van der Waals surface area contributed by atoms with Gasteiger partial charge in [0.25, 0.3) is 0 Å². The van der Waals surface area contributed by atoms with Crippen molar-refractivity contribution < 1.29 is 4.39 Å². The molecule has 0 spiro atoms. The van der Waals surface area contributed by atoms with E-state index in [1.807, 2.05) is 6.07 Å². The predicted octanol–water partition coefficient (Wildman–Crippen LogP) is 2.41. The molecule has 1 aromatic heterocycles. The van der Waals surface area contributed by atoms with Gasteiger partial charge in [-0.25, -0.2) is 4.98 Å². The van der Waals surface area contributed by atoms with Crippen molar-refractivity contribution in [1.82, 2.24) is 4.98 Å². The zero-order valence-corrected chi connectivity index (χ0v) is 6.47. The molecular weight excluding hydrogens is 141 g/mol. The second-order valence-corrected chi connectivity index (χ2v) is 3.15. The van der Waals surface area contributed by atoms with Crippen molar-refractivity contribution in [3.8, 4) is 0 Å². The van der Waals surface area contributed by atoms with E-state index < -0.39 is 0 Å². The summed E-state index contributed by atoms with van der Waals surface area (Å²) in [6, 6.07) is 1.90. The van der Waals surface area contributed by atoms with Gasteiger partial charge in [-0.2, -0.15) is 4.39 Å². The van der Waals surface area contributed by atoms with E-state index in [0.717, 1.165) is 0 Å². The summed E-state index contributed by atoms with van der Waals surface area (Å²) in [5.41, 5.74) is 1.86. The highest BCUT2D eigenvalue weighted by Crippen LogP contribution is 2.39. The number of rotatable bonds is 1. The van der Waals surface area contributed by atoms with E-state index in [0.29, 0.717) is 11.5 Å². The Morgan fingerprint density at radius 2 is 2.27 bits per heavy atom. The number of halogens is 1. The van der Waals surface area contributed by atoms with Crippen molar-refractivity contribution in [2.24, 2.45) is 0 Å². The van der Waals surface area contributed by atoms with Crippen molar-refractivity contribution in [2.75, 3.05) is 0 Å². The molecule has 1 nitrogen and oxygen atoms in total. The van der Waals surface area contributed by atoms with Gasteiger partial charge < -0.3 is 0 Å². The van der Waals surface area contributed by atoms with Gasteiger partial charge in [0.2, 0.25) is 5.95 Å². The number of nitrogens with zero attached hydrogens (tertiary/aromatic N) is 1. The zero-order valence-electron chi connectivity index (χ0n) is 6.47. The summed E-state index contributed by atoms with van der Waals surface area (Å²) in [6.07, 6.45) is 4.14. The Labute approximate surface area is 65.3 Å². The van der Waals surface area contributed by atoms with Crippen molar-refractivity contribution in [3.63, 3.8) is 0 Å². The maximum atomic E-state index is 12.7. The molecule has 1 aliphatic carbocycles. The minimum Gasteiger partial charge on any atom is -0.228 e. The molecule has 11 heavy (non-hydrogen) atoms. The van der Waals surface area contributed by atoms with Crippen LogP contribution in [0.2, 0.25) is 0 Å². The second kappa shape index (κ2) is 2.29. The summed E-state index contributed by atoms with van der Waals surface area (Å²) in [5, 5.41) is 0. The van der Waals surface area contributed by atoms with Gasteiger partial charge in [-0.15, -0.1) is 0 Å². The fourth-order valence-corrected chi connectivity index (χ4v) is 1.22. The van der Waals surface area contributed by atoms with Gasteiger partial charge in [0.15, 0.2) is 0 Å². The summed E-state index contributed by atoms with van der Waals surface area (Å²) in [5.74, 6) is 0.330. The predicted molar refractivity (Wildman–Crippen MR) is 40.9 cm³/mol. The topological polar surface area (TPSA) is 12.9 Å². The molecular formula is C9H10FN. The lowest BCUT2D eigenvalue weighted by Gasteiger charge is -1.98. The quantitative estimate of drug-likeness (QED) is 0.561. The number of pyridine rings is 1. The van der Waals surface area contributed by atoms with E-state index in [1.54, 1.807) is 13.1 Å². The van der Waals surface area contributed by atoms with Crippen LogP contribution < -0.4 is 0 Å². The van der Waals surface area contributed by atoms with Crippen LogP contribution in [0.25, 0.3) is 0 Å². The standard InChI is InChI=1S/C9H10FN/c1-6-4-8(7-2-3-7)5-11-9(6)10/h4-5,7H,2-3H2,1H3. The number of hydrogen-bond acceptors (Lipinski definition) is 1. The van der Waals surface area contributed by atoms with Crippen LogP contribution in [-0.4, -0.2) is 4.98 Å². The molecule has 1 aromatic rings. The largest absolute Gasteiger partial charge is 0.228 e. The van der Waals surface area contributed by atoms with Crippen LogP contribution in [-0.2, 0) is 0 Å². The van der Waals surface area contributed by atoms with Crippen LogP contribution >= 0.6 is 0 Å². The van der Waals surface area contributed by atoms with Crippen molar-refractivity contribution >= 4 is 0 Å². The molecule has 0 radical (unpaired) electrons. The average molecular weight is 151 g/mol. The van der Waals surface area contributed by atoms with Crippen LogP contribution in [0.15, 0.2) is 12.3 Å². The third-order valence-corrected chi connectivity index (χ3v) is 2.08. The Morgan fingerprint density at radius 3 is 2.82 bits per heavy atom. The van der Waals surface area contributed by atoms with Crippen LogP contribution in [0.5, 0.6) is 0 Å². The van der Waals surface area contributed by atoms with E-state index in [9.17, 15) is 4.39 Å². The van der Waals surface area contributed by atoms with Gasteiger partial charge in [0, 0.05) is 11.8 Å². The van der Waals surface area contributed by atoms with Crippen LogP contribution in [0, 0.1) is 12.9 Å². The van der Waals surface area contributed by atoms with Crippen LogP contribution in [0.4, 0.5) is 4.39 Å². The minimum atomic E-state index is -0.339. The average Bonchev–Trinajstić information content (AvgIpc) is 2.77. The van der Waals surface area contributed by atoms with Crippen LogP contribution in [0.3, 0.4) is 0 Å². The highest BCUT2D eigenvalue weighted by Gasteiger charge is 2.24. The third-order valence-electron chi connectivity index (χ3n) is 2.08. The molecule has 0 amide bonds. The van der Waals surface area contributed by atoms with E-state index in [4.69, 9.17) is 0 Å². The number of aromatic nitrogens is 1. The van der Waals surface area contributed by atoms with Crippen molar-refractivity contribution in [2.45, 2.75) is 25.7 Å². The summed E-state index contributed by atoms with van der Waals surface area (Å²) in [6.45, 7) is 1.76. The lowest BCUT2D eigenvalue weighted by atomic mass is 10.1. The third kappa shape index (κ3) is 1.25. The summed E-state index contributed by atoms with van der Waals surface area (Å²) < 4.78 is 12.7. The fraction of sp³-hybridized carbons (Fsp3) is 0.444. The van der Waals surface area contributed by atoms with Crippen molar-refractivity contribution in [3.05, 3.63) is 29.3 Å². The Kier molecular flexibility index (Phi) is 1.41. The smallest absolute Gasteiger partial charge is 0.215 e. The number of hydrogen-bond donors (Lipinski definition) is 0. The molecule has 0 bridgehead atoms. The maximum Gasteiger partial charge on any atom is 0.215 e. The lowest BCUT2D eigenvalue weighted by Crippen LogP contribution is -1.90. The Bertz CT molecular complexity index is 279. The molecule has 1 saturated carbocycles. The summed E-state index contributed by atoms with van der Waals surface area (Å²) in [4.78, 5) is 3.67. The highest BCUT2D eigenvalue weighted by atomic mass is 19.1. The van der Waals surface area contributed by atoms with Crippen LogP contribution in [0.1, 0.15) is 29.9 Å². The molecule has 0 atom stereocenters. The number of aryl methyl sites for hydroxylation is 1. The fourth-order valence-electron chi connectivity index (χ4n) is 1.22. The lowest BCUT2D eigenvalue weighted by molar-refractivity contribution is 0.573. The second-order valence-electron chi connectivity index (χ2n) is 3.15. The van der Waals surface area contributed by atoms with E-state index in [1.165, 1.54) is 18.4 Å². The Hall–Kier alpha value is -0.920. The van der Waals surface area contributed by atoms with Gasteiger partial charge in [-0.1, -0.05) is 0 Å². The molecule has 0 N–H and O–H groups in total. The van der Waals surface area contributed by atoms with E-state index in [-0.39, 0.29) is 5.95 Å². The summed E-state index contributed by atoms with van der Waals surface area (Å²) >= 11 is 0. The first-order valence-corrected chi connectivity index (χ1v) is 3.89. The first-order chi connectivity index (χ1) is 5.27. The normalized spacial score (nSPS) is 16.9. The Morgan fingerprint density at radius 1 is 1.55 bits per heavy atom. The van der Waals surface area contributed by atoms with Crippen molar-refractivity contribution in [1.29, 1.82) is 0 Å². The molecule has 1 heterocycles. The highest BCUT2D eigenvalue weighted by molar-refractivity contribution is 5.24. The Balaban J connectivity index is 2.36. The summed E-state index contributed by atoms with van der Waals surface area (Å²) in [7, 11) is 0. The van der Waals surface area contributed by atoms with E-state index >= 15 is 0 Å². The first-order valence-electron chi connectivity index (χ1n) is 3.89. The zero-order chi connectivity index (χ0) is 7.84. The van der Waals surface area contributed by atoms with Gasteiger partial charge in [-0.3, -0.25) is 0 Å². The van der Waals surface area contributed by atoms with Gasteiger partial charge >= 0.3 is 0 Å². The first kappa shape index (κ1) is 6.77. The molecule has 1 aliphatic rings. The molecule has 0 saturated heterocycles. The van der Waals surface area contributed by atoms with Gasteiger partial charge in [0.05, 0.1) is 0 Å². The van der Waals surface area contributed by atoms with E-state index in [2.05, 4.69) is 4.98 Å². The monoisotopic (exact) mass is 151 g/mol. The SMILES string of the molecule is Cc1cc(C2CC2)cnc1F. The molecule has 58 valence electrons. The molecule has 2 heteroatoms. The molecule has 2 rings (SSSR count). The minimum absolute atomic E-state index is 0.339.